The minimum Gasteiger partial charge on any atom is -0.484 e. The standard InChI is InChI=1S/C11H20N4O2S/c1-7(2)17-9-10(13)15-18-11(9)14-6-4-3-5-8(12)16/h7,14H,3-6H2,1-2H3,(H2,12,16)(H2,13,15). The van der Waals surface area contributed by atoms with Crippen LogP contribution in [0.15, 0.2) is 0 Å². The first-order valence-electron chi connectivity index (χ1n) is 5.94. The number of carbonyl (C=O) groups is 1. The van der Waals surface area contributed by atoms with Gasteiger partial charge in [-0.15, -0.1) is 0 Å². The number of nitrogens with zero attached hydrogens (tertiary/aromatic N) is 1. The highest BCUT2D eigenvalue weighted by Crippen LogP contribution is 2.35. The van der Waals surface area contributed by atoms with Gasteiger partial charge in [0.2, 0.25) is 5.91 Å². The fourth-order valence-electron chi connectivity index (χ4n) is 1.38. The molecule has 0 atom stereocenters. The van der Waals surface area contributed by atoms with E-state index in [0.717, 1.165) is 24.4 Å². The number of nitrogens with two attached hydrogens (primary N) is 2. The van der Waals surface area contributed by atoms with Crippen molar-refractivity contribution < 1.29 is 9.53 Å². The summed E-state index contributed by atoms with van der Waals surface area (Å²) >= 11 is 1.28. The van der Waals surface area contributed by atoms with Crippen molar-refractivity contribution in [3.05, 3.63) is 0 Å². The third-order valence-corrected chi connectivity index (χ3v) is 2.96. The lowest BCUT2D eigenvalue weighted by Gasteiger charge is -2.11. The van der Waals surface area contributed by atoms with Crippen LogP contribution in [0.1, 0.15) is 33.1 Å². The van der Waals surface area contributed by atoms with Crippen LogP contribution in [-0.4, -0.2) is 22.9 Å². The number of amides is 1. The molecule has 0 aliphatic heterocycles. The Labute approximate surface area is 111 Å². The molecule has 1 aromatic rings. The smallest absolute Gasteiger partial charge is 0.217 e. The van der Waals surface area contributed by atoms with Gasteiger partial charge < -0.3 is 21.5 Å². The van der Waals surface area contributed by atoms with Crippen molar-refractivity contribution in [2.24, 2.45) is 5.73 Å². The molecule has 1 aromatic heterocycles. The Morgan fingerprint density at radius 2 is 2.22 bits per heavy atom. The monoisotopic (exact) mass is 272 g/mol. The molecular formula is C11H20N4O2S. The summed E-state index contributed by atoms with van der Waals surface area (Å²) in [6.07, 6.45) is 2.11. The van der Waals surface area contributed by atoms with E-state index in [1.54, 1.807) is 0 Å². The molecule has 0 unspecified atom stereocenters. The summed E-state index contributed by atoms with van der Waals surface area (Å²) < 4.78 is 9.65. The average Bonchev–Trinajstić information content (AvgIpc) is 2.60. The number of aromatic nitrogens is 1. The van der Waals surface area contributed by atoms with Crippen LogP contribution in [0.4, 0.5) is 10.8 Å². The van der Waals surface area contributed by atoms with Gasteiger partial charge in [-0.05, 0) is 38.2 Å². The maximum absolute atomic E-state index is 10.6. The number of unbranched alkanes of at least 4 members (excludes halogenated alkanes) is 1. The van der Waals surface area contributed by atoms with Gasteiger partial charge in [0.15, 0.2) is 16.6 Å². The molecule has 0 spiro atoms. The second kappa shape index (κ2) is 7.05. The van der Waals surface area contributed by atoms with Crippen molar-refractivity contribution in [3.8, 4) is 5.75 Å². The van der Waals surface area contributed by atoms with Gasteiger partial charge >= 0.3 is 0 Å². The van der Waals surface area contributed by atoms with Gasteiger partial charge in [0.05, 0.1) is 6.10 Å². The molecule has 1 heterocycles. The zero-order chi connectivity index (χ0) is 13.5. The number of ether oxygens (including phenoxy) is 1. The molecule has 0 bridgehead atoms. The van der Waals surface area contributed by atoms with Crippen molar-refractivity contribution in [2.45, 2.75) is 39.2 Å². The van der Waals surface area contributed by atoms with Crippen molar-refractivity contribution in [1.82, 2.24) is 4.37 Å². The Morgan fingerprint density at radius 3 is 2.83 bits per heavy atom. The quantitative estimate of drug-likeness (QED) is 0.623. The van der Waals surface area contributed by atoms with E-state index in [4.69, 9.17) is 16.2 Å². The third kappa shape index (κ3) is 4.79. The Morgan fingerprint density at radius 1 is 1.50 bits per heavy atom. The van der Waals surface area contributed by atoms with Gasteiger partial charge in [0.25, 0.3) is 0 Å². The number of nitrogen functional groups attached to an aromatic ring is 1. The summed E-state index contributed by atoms with van der Waals surface area (Å²) in [5.74, 6) is 0.763. The van der Waals surface area contributed by atoms with Crippen molar-refractivity contribution in [2.75, 3.05) is 17.6 Å². The van der Waals surface area contributed by atoms with Gasteiger partial charge in [-0.1, -0.05) is 0 Å². The molecule has 1 amide bonds. The first kappa shape index (κ1) is 14.6. The Hall–Kier alpha value is -1.50. The highest BCUT2D eigenvalue weighted by molar-refractivity contribution is 7.11. The van der Waals surface area contributed by atoms with E-state index in [2.05, 4.69) is 9.69 Å². The van der Waals surface area contributed by atoms with Crippen molar-refractivity contribution >= 4 is 28.3 Å². The normalized spacial score (nSPS) is 10.6. The summed E-state index contributed by atoms with van der Waals surface area (Å²) in [6.45, 7) is 4.62. The summed E-state index contributed by atoms with van der Waals surface area (Å²) in [6, 6.07) is 0. The Balaban J connectivity index is 2.40. The lowest BCUT2D eigenvalue weighted by molar-refractivity contribution is -0.118. The minimum absolute atomic E-state index is 0.0547. The topological polar surface area (TPSA) is 103 Å². The van der Waals surface area contributed by atoms with E-state index >= 15 is 0 Å². The maximum Gasteiger partial charge on any atom is 0.217 e. The maximum atomic E-state index is 10.6. The molecule has 5 N–H and O–H groups in total. The van der Waals surface area contributed by atoms with Gasteiger partial charge in [-0.3, -0.25) is 4.79 Å². The number of carbonyl (C=O) groups excluding carboxylic acids is 1. The fraction of sp³-hybridized carbons (Fsp3) is 0.636. The largest absolute Gasteiger partial charge is 0.484 e. The average molecular weight is 272 g/mol. The fourth-order valence-corrected chi connectivity index (χ4v) is 2.06. The van der Waals surface area contributed by atoms with E-state index in [-0.39, 0.29) is 12.0 Å². The highest BCUT2D eigenvalue weighted by Gasteiger charge is 2.13. The summed E-state index contributed by atoms with van der Waals surface area (Å²) in [4.78, 5) is 10.6. The van der Waals surface area contributed by atoms with Gasteiger partial charge in [-0.2, -0.15) is 4.37 Å². The van der Waals surface area contributed by atoms with Gasteiger partial charge in [0, 0.05) is 13.0 Å². The number of anilines is 2. The van der Waals surface area contributed by atoms with Crippen LogP contribution in [0.25, 0.3) is 0 Å². The molecule has 102 valence electrons. The van der Waals surface area contributed by atoms with E-state index in [9.17, 15) is 4.79 Å². The van der Waals surface area contributed by atoms with Crippen LogP contribution >= 0.6 is 11.5 Å². The Bertz CT molecular complexity index is 392. The molecule has 0 aliphatic rings. The lowest BCUT2D eigenvalue weighted by atomic mass is 10.2. The first-order chi connectivity index (χ1) is 8.50. The highest BCUT2D eigenvalue weighted by atomic mass is 32.1. The summed E-state index contributed by atoms with van der Waals surface area (Å²) in [5.41, 5.74) is 10.8. The van der Waals surface area contributed by atoms with Crippen LogP contribution in [0.5, 0.6) is 5.75 Å². The van der Waals surface area contributed by atoms with Crippen LogP contribution in [0, 0.1) is 0 Å². The van der Waals surface area contributed by atoms with E-state index in [0.29, 0.717) is 18.0 Å². The number of hydrogen-bond acceptors (Lipinski definition) is 6. The number of nitrogens with one attached hydrogen (secondary N) is 1. The molecule has 0 aromatic carbocycles. The first-order valence-corrected chi connectivity index (χ1v) is 6.72. The van der Waals surface area contributed by atoms with E-state index in [1.165, 1.54) is 11.5 Å². The SMILES string of the molecule is CC(C)Oc1c(N)nsc1NCCCCC(N)=O. The molecule has 1 rings (SSSR count). The number of rotatable bonds is 8. The molecule has 0 radical (unpaired) electrons. The second-order valence-corrected chi connectivity index (χ2v) is 5.02. The third-order valence-electron chi connectivity index (χ3n) is 2.16. The predicted molar refractivity (Wildman–Crippen MR) is 73.8 cm³/mol. The lowest BCUT2D eigenvalue weighted by Crippen LogP contribution is -2.11. The molecule has 0 saturated heterocycles. The second-order valence-electron chi connectivity index (χ2n) is 4.24. The molecule has 7 heteroatoms. The van der Waals surface area contributed by atoms with Crippen LogP contribution in [0.2, 0.25) is 0 Å². The predicted octanol–water partition coefficient (Wildman–Crippen LogP) is 1.58. The van der Waals surface area contributed by atoms with Crippen molar-refractivity contribution in [1.29, 1.82) is 0 Å². The molecule has 0 saturated carbocycles. The Kier molecular flexibility index (Phi) is 5.70. The molecule has 0 fully saturated rings. The van der Waals surface area contributed by atoms with Gasteiger partial charge in [-0.25, -0.2) is 0 Å². The molecular weight excluding hydrogens is 252 g/mol. The van der Waals surface area contributed by atoms with Crippen LogP contribution in [0.3, 0.4) is 0 Å². The number of primary amides is 1. The van der Waals surface area contributed by atoms with Crippen LogP contribution in [-0.2, 0) is 4.79 Å². The number of hydrogen-bond donors (Lipinski definition) is 3. The van der Waals surface area contributed by atoms with Crippen LogP contribution < -0.4 is 21.5 Å². The molecule has 0 aliphatic carbocycles. The molecule has 6 nitrogen and oxygen atoms in total. The summed E-state index contributed by atoms with van der Waals surface area (Å²) in [5, 5.41) is 4.05. The zero-order valence-corrected chi connectivity index (χ0v) is 11.5. The van der Waals surface area contributed by atoms with E-state index < -0.39 is 0 Å². The van der Waals surface area contributed by atoms with E-state index in [1.807, 2.05) is 13.8 Å². The van der Waals surface area contributed by atoms with Crippen molar-refractivity contribution in [3.63, 3.8) is 0 Å². The molecule has 18 heavy (non-hydrogen) atoms. The summed E-state index contributed by atoms with van der Waals surface area (Å²) in [7, 11) is 0. The zero-order valence-electron chi connectivity index (χ0n) is 10.7. The van der Waals surface area contributed by atoms with Gasteiger partial charge in [0.1, 0.15) is 0 Å². The minimum atomic E-state index is -0.263.